The third-order valence-electron chi connectivity index (χ3n) is 7.09. The molecule has 0 aliphatic carbocycles. The lowest BCUT2D eigenvalue weighted by atomic mass is 10.0. The molecule has 41 heavy (non-hydrogen) atoms. The first-order valence-electron chi connectivity index (χ1n) is 13.4. The van der Waals surface area contributed by atoms with Gasteiger partial charge in [0.1, 0.15) is 11.3 Å². The molecule has 0 saturated heterocycles. The number of para-hydroxylation sites is 1. The van der Waals surface area contributed by atoms with Gasteiger partial charge in [0.2, 0.25) is 0 Å². The summed E-state index contributed by atoms with van der Waals surface area (Å²) in [5.41, 5.74) is 10.2. The van der Waals surface area contributed by atoms with E-state index >= 15 is 0 Å². The number of hydrogen-bond donors (Lipinski definition) is 3. The molecule has 7 aromatic rings. The summed E-state index contributed by atoms with van der Waals surface area (Å²) in [6.45, 7) is 3.36. The molecule has 0 aliphatic heterocycles. The van der Waals surface area contributed by atoms with E-state index in [0.29, 0.717) is 23.6 Å². The fraction of sp³-hybridized carbons (Fsp3) is 0.0909. The predicted molar refractivity (Wildman–Crippen MR) is 159 cm³/mol. The third kappa shape index (κ3) is 4.97. The SMILES string of the molecule is Cc1cc(F)cc(-c2cccc3[nH]c(-c4n[nH]c5ccc(-c6cncc(CNCc7ccccc7)c6)nc45)nc23)c1. The number of nitrogens with zero attached hydrogens (tertiary/aromatic N) is 4. The van der Waals surface area contributed by atoms with E-state index in [9.17, 15) is 4.39 Å². The molecule has 0 unspecified atom stereocenters. The molecule has 200 valence electrons. The van der Waals surface area contributed by atoms with Gasteiger partial charge in [-0.15, -0.1) is 0 Å². The van der Waals surface area contributed by atoms with Crippen molar-refractivity contribution < 1.29 is 4.39 Å². The Morgan fingerprint density at radius 3 is 2.51 bits per heavy atom. The Bertz CT molecular complexity index is 1990. The Balaban J connectivity index is 1.21. The van der Waals surface area contributed by atoms with Gasteiger partial charge in [-0.1, -0.05) is 48.5 Å². The van der Waals surface area contributed by atoms with Crippen molar-refractivity contribution in [1.29, 1.82) is 0 Å². The lowest BCUT2D eigenvalue weighted by molar-refractivity contribution is 0.627. The lowest BCUT2D eigenvalue weighted by Crippen LogP contribution is -2.12. The Hall–Kier alpha value is -5.21. The Labute approximate surface area is 235 Å². The number of imidazole rings is 1. The summed E-state index contributed by atoms with van der Waals surface area (Å²) < 4.78 is 14.2. The van der Waals surface area contributed by atoms with E-state index in [1.165, 1.54) is 17.7 Å². The fourth-order valence-corrected chi connectivity index (χ4v) is 5.17. The van der Waals surface area contributed by atoms with Crippen molar-refractivity contribution in [3.05, 3.63) is 120 Å². The van der Waals surface area contributed by atoms with Gasteiger partial charge < -0.3 is 10.3 Å². The van der Waals surface area contributed by atoms with Gasteiger partial charge in [-0.25, -0.2) is 14.4 Å². The quantitative estimate of drug-likeness (QED) is 0.203. The highest BCUT2D eigenvalue weighted by molar-refractivity contribution is 5.96. The highest BCUT2D eigenvalue weighted by Gasteiger charge is 2.17. The van der Waals surface area contributed by atoms with Crippen LogP contribution in [0.15, 0.2) is 97.3 Å². The van der Waals surface area contributed by atoms with Gasteiger partial charge in [0.25, 0.3) is 0 Å². The zero-order chi connectivity index (χ0) is 27.8. The molecule has 0 spiro atoms. The number of aromatic nitrogens is 6. The standard InChI is InChI=1S/C33H26FN7/c1-20-12-23(15-25(34)13-20)26-8-5-9-28-30(26)39-33(38-28)32-31-29(40-41-32)11-10-27(37-31)24-14-22(18-36-19-24)17-35-16-21-6-3-2-4-7-21/h2-15,18-19,35H,16-17H2,1H3,(H,38,39)(H,40,41). The topological polar surface area (TPSA) is 95.2 Å². The van der Waals surface area contributed by atoms with Crippen LogP contribution in [-0.2, 0) is 13.1 Å². The molecule has 0 radical (unpaired) electrons. The summed E-state index contributed by atoms with van der Waals surface area (Å²) in [6, 6.07) is 27.2. The second-order valence-corrected chi connectivity index (χ2v) is 10.1. The van der Waals surface area contributed by atoms with Gasteiger partial charge in [0.05, 0.1) is 22.2 Å². The van der Waals surface area contributed by atoms with Crippen LogP contribution in [0.4, 0.5) is 4.39 Å². The minimum Gasteiger partial charge on any atom is -0.336 e. The lowest BCUT2D eigenvalue weighted by Gasteiger charge is -2.07. The van der Waals surface area contributed by atoms with Gasteiger partial charge in [-0.2, -0.15) is 5.10 Å². The normalized spacial score (nSPS) is 11.5. The maximum Gasteiger partial charge on any atom is 0.161 e. The number of hydrogen-bond acceptors (Lipinski definition) is 5. The number of halogens is 1. The van der Waals surface area contributed by atoms with Gasteiger partial charge in [-0.05, 0) is 65.6 Å². The minimum absolute atomic E-state index is 0.270. The van der Waals surface area contributed by atoms with Crippen LogP contribution < -0.4 is 5.32 Å². The first-order valence-corrected chi connectivity index (χ1v) is 13.4. The average molecular weight is 540 g/mol. The summed E-state index contributed by atoms with van der Waals surface area (Å²) in [6.07, 6.45) is 3.69. The molecular weight excluding hydrogens is 513 g/mol. The van der Waals surface area contributed by atoms with E-state index in [1.807, 2.05) is 73.9 Å². The van der Waals surface area contributed by atoms with E-state index < -0.39 is 0 Å². The maximum absolute atomic E-state index is 14.2. The molecule has 3 aromatic carbocycles. The summed E-state index contributed by atoms with van der Waals surface area (Å²) in [5.74, 6) is 0.321. The largest absolute Gasteiger partial charge is 0.336 e. The average Bonchev–Trinajstić information content (AvgIpc) is 3.61. The van der Waals surface area contributed by atoms with Crippen LogP contribution in [0.1, 0.15) is 16.7 Å². The van der Waals surface area contributed by atoms with Crippen molar-refractivity contribution >= 4 is 22.1 Å². The first kappa shape index (κ1) is 24.8. The molecule has 4 heterocycles. The van der Waals surface area contributed by atoms with E-state index in [4.69, 9.17) is 9.97 Å². The van der Waals surface area contributed by atoms with Crippen LogP contribution in [0.25, 0.3) is 56.0 Å². The van der Waals surface area contributed by atoms with E-state index in [0.717, 1.165) is 56.6 Å². The van der Waals surface area contributed by atoms with Crippen LogP contribution in [-0.4, -0.2) is 30.1 Å². The first-order chi connectivity index (χ1) is 20.1. The molecule has 0 fully saturated rings. The van der Waals surface area contributed by atoms with Crippen molar-refractivity contribution in [1.82, 2.24) is 35.5 Å². The number of aromatic amines is 2. The second-order valence-electron chi connectivity index (χ2n) is 10.1. The smallest absolute Gasteiger partial charge is 0.161 e. The summed E-state index contributed by atoms with van der Waals surface area (Å²) >= 11 is 0. The molecule has 7 nitrogen and oxygen atoms in total. The summed E-state index contributed by atoms with van der Waals surface area (Å²) in [7, 11) is 0. The fourth-order valence-electron chi connectivity index (χ4n) is 5.17. The molecular formula is C33H26FN7. The summed E-state index contributed by atoms with van der Waals surface area (Å²) in [5, 5.41) is 11.1. The van der Waals surface area contributed by atoms with Crippen molar-refractivity contribution in [2.24, 2.45) is 0 Å². The molecule has 0 atom stereocenters. The van der Waals surface area contributed by atoms with Crippen LogP contribution in [0.2, 0.25) is 0 Å². The molecule has 0 saturated carbocycles. The van der Waals surface area contributed by atoms with Gasteiger partial charge in [0.15, 0.2) is 11.5 Å². The number of fused-ring (bicyclic) bond motifs is 2. The van der Waals surface area contributed by atoms with Gasteiger partial charge in [0, 0.05) is 36.6 Å². The molecule has 7 rings (SSSR count). The monoisotopic (exact) mass is 539 g/mol. The van der Waals surface area contributed by atoms with Crippen LogP contribution in [0, 0.1) is 12.7 Å². The zero-order valence-corrected chi connectivity index (χ0v) is 22.3. The van der Waals surface area contributed by atoms with Gasteiger partial charge >= 0.3 is 0 Å². The Morgan fingerprint density at radius 1 is 0.756 bits per heavy atom. The second kappa shape index (κ2) is 10.4. The number of H-pyrrole nitrogens is 2. The number of aryl methyl sites for hydroxylation is 1. The molecule has 0 aliphatic rings. The molecule has 8 heteroatoms. The number of nitrogens with one attached hydrogen (secondary N) is 3. The molecule has 0 bridgehead atoms. The van der Waals surface area contributed by atoms with E-state index in [-0.39, 0.29) is 5.82 Å². The Morgan fingerprint density at radius 2 is 1.63 bits per heavy atom. The number of pyridine rings is 2. The minimum atomic E-state index is -0.270. The molecule has 4 aromatic heterocycles. The van der Waals surface area contributed by atoms with Crippen molar-refractivity contribution in [2.45, 2.75) is 20.0 Å². The highest BCUT2D eigenvalue weighted by atomic mass is 19.1. The molecule has 0 amide bonds. The van der Waals surface area contributed by atoms with Crippen LogP contribution in [0.3, 0.4) is 0 Å². The van der Waals surface area contributed by atoms with Crippen molar-refractivity contribution in [3.8, 4) is 33.9 Å². The maximum atomic E-state index is 14.2. The van der Waals surface area contributed by atoms with Crippen LogP contribution >= 0.6 is 0 Å². The van der Waals surface area contributed by atoms with Crippen molar-refractivity contribution in [3.63, 3.8) is 0 Å². The molecule has 3 N–H and O–H groups in total. The Kier molecular flexibility index (Phi) is 6.29. The summed E-state index contributed by atoms with van der Waals surface area (Å²) in [4.78, 5) is 17.7. The number of rotatable bonds is 7. The third-order valence-corrected chi connectivity index (χ3v) is 7.09. The predicted octanol–water partition coefficient (Wildman–Crippen LogP) is 6.97. The van der Waals surface area contributed by atoms with Crippen molar-refractivity contribution in [2.75, 3.05) is 0 Å². The van der Waals surface area contributed by atoms with Gasteiger partial charge in [-0.3, -0.25) is 10.1 Å². The van der Waals surface area contributed by atoms with E-state index in [1.54, 1.807) is 0 Å². The highest BCUT2D eigenvalue weighted by Crippen LogP contribution is 2.32. The van der Waals surface area contributed by atoms with Crippen LogP contribution in [0.5, 0.6) is 0 Å². The number of benzene rings is 3. The zero-order valence-electron chi connectivity index (χ0n) is 22.3. The van der Waals surface area contributed by atoms with E-state index in [2.05, 4.69) is 43.7 Å².